The van der Waals surface area contributed by atoms with Gasteiger partial charge < -0.3 is 14.4 Å². The van der Waals surface area contributed by atoms with E-state index >= 15 is 0 Å². The van der Waals surface area contributed by atoms with Crippen LogP contribution in [-0.2, 0) is 19.1 Å². The first-order chi connectivity index (χ1) is 15.5. The first-order valence-corrected chi connectivity index (χ1v) is 12.1. The number of esters is 2. The van der Waals surface area contributed by atoms with Gasteiger partial charge in [-0.15, -0.1) is 0 Å². The van der Waals surface area contributed by atoms with Crippen LogP contribution >= 0.6 is 0 Å². The van der Waals surface area contributed by atoms with Crippen LogP contribution in [0.2, 0.25) is 0 Å². The van der Waals surface area contributed by atoms with Crippen molar-refractivity contribution in [3.8, 4) is 0 Å². The normalized spacial score (nSPS) is 13.2. The van der Waals surface area contributed by atoms with E-state index in [0.717, 1.165) is 51.4 Å². The van der Waals surface area contributed by atoms with Gasteiger partial charge in [0.25, 0.3) is 0 Å². The third-order valence-corrected chi connectivity index (χ3v) is 4.48. The Morgan fingerprint density at radius 1 is 0.750 bits per heavy atom. The summed E-state index contributed by atoms with van der Waals surface area (Å²) < 4.78 is 10.9. The van der Waals surface area contributed by atoms with Crippen molar-refractivity contribution in [3.63, 3.8) is 0 Å². The highest BCUT2D eigenvalue weighted by atomic mass is 16.6. The minimum atomic E-state index is -0.443. The fraction of sp³-hybridized carbons (Fsp3) is 0.630. The minimum Gasteiger partial charge on any atom is -0.462 e. The van der Waals surface area contributed by atoms with Gasteiger partial charge in [-0.3, -0.25) is 9.59 Å². The number of allylic oxidation sites excluding steroid dienone is 8. The number of hydrogen-bond donors (Lipinski definition) is 0. The average Bonchev–Trinajstić information content (AvgIpc) is 2.75. The summed E-state index contributed by atoms with van der Waals surface area (Å²) in [5, 5.41) is 0. The highest BCUT2D eigenvalue weighted by molar-refractivity contribution is 5.70. The molecule has 32 heavy (non-hydrogen) atoms. The molecule has 0 spiro atoms. The molecule has 0 aliphatic carbocycles. The van der Waals surface area contributed by atoms with E-state index in [1.807, 2.05) is 19.0 Å². The predicted octanol–water partition coefficient (Wildman–Crippen LogP) is 6.17. The summed E-state index contributed by atoms with van der Waals surface area (Å²) in [5.41, 5.74) is 0. The van der Waals surface area contributed by atoms with E-state index in [4.69, 9.17) is 9.47 Å². The Balaban J connectivity index is 4.11. The van der Waals surface area contributed by atoms with Gasteiger partial charge in [0, 0.05) is 19.4 Å². The molecule has 0 saturated carbocycles. The summed E-state index contributed by atoms with van der Waals surface area (Å²) in [5.74, 6) is -0.485. The van der Waals surface area contributed by atoms with Crippen molar-refractivity contribution in [2.75, 3.05) is 27.2 Å². The topological polar surface area (TPSA) is 55.8 Å². The largest absolute Gasteiger partial charge is 0.462 e. The number of carbonyl (C=O) groups is 2. The van der Waals surface area contributed by atoms with E-state index < -0.39 is 6.10 Å². The lowest BCUT2D eigenvalue weighted by Crippen LogP contribution is -2.34. The van der Waals surface area contributed by atoms with Gasteiger partial charge in [0.2, 0.25) is 0 Å². The van der Waals surface area contributed by atoms with Crippen molar-refractivity contribution in [3.05, 3.63) is 48.6 Å². The highest BCUT2D eigenvalue weighted by Gasteiger charge is 2.17. The molecule has 0 rings (SSSR count). The summed E-state index contributed by atoms with van der Waals surface area (Å²) >= 11 is 0. The number of likely N-dealkylation sites (N-methyl/N-ethyl adjacent to an activating group) is 1. The van der Waals surface area contributed by atoms with Crippen molar-refractivity contribution in [1.29, 1.82) is 0 Å². The van der Waals surface area contributed by atoms with Crippen LogP contribution < -0.4 is 0 Å². The van der Waals surface area contributed by atoms with Crippen LogP contribution in [0, 0.1) is 0 Å². The monoisotopic (exact) mass is 447 g/mol. The molecule has 1 unspecified atom stereocenters. The standard InChI is InChI=1S/C27H45NO4/c1-5-7-9-11-13-15-17-19-21-26(29)31-24-25(23-28(3)4)32-27(30)22-20-18-16-14-12-10-8-6-2/h7-10,13-16,25H,5-6,11-12,17-24H2,1-4H3/b9-7-,10-8-,15-13-,16-14-. The maximum Gasteiger partial charge on any atom is 0.306 e. The van der Waals surface area contributed by atoms with Crippen molar-refractivity contribution in [2.45, 2.75) is 84.2 Å². The molecule has 0 aromatic rings. The molecule has 0 aliphatic rings. The lowest BCUT2D eigenvalue weighted by Gasteiger charge is -2.21. The number of ether oxygens (including phenoxy) is 2. The van der Waals surface area contributed by atoms with Gasteiger partial charge in [-0.25, -0.2) is 0 Å². The van der Waals surface area contributed by atoms with E-state index in [2.05, 4.69) is 62.5 Å². The molecule has 1 atom stereocenters. The molecule has 5 heteroatoms. The molecule has 182 valence electrons. The van der Waals surface area contributed by atoms with Crippen molar-refractivity contribution < 1.29 is 19.1 Å². The molecular weight excluding hydrogens is 402 g/mol. The number of carbonyl (C=O) groups excluding carboxylic acids is 2. The molecule has 0 aliphatic heterocycles. The van der Waals surface area contributed by atoms with Gasteiger partial charge in [0.05, 0.1) is 0 Å². The third-order valence-electron chi connectivity index (χ3n) is 4.48. The smallest absolute Gasteiger partial charge is 0.306 e. The Morgan fingerprint density at radius 2 is 1.25 bits per heavy atom. The van der Waals surface area contributed by atoms with Crippen LogP contribution in [0.3, 0.4) is 0 Å². The lowest BCUT2D eigenvalue weighted by molar-refractivity contribution is -0.160. The lowest BCUT2D eigenvalue weighted by atomic mass is 10.2. The van der Waals surface area contributed by atoms with E-state index in [1.54, 1.807) is 0 Å². The van der Waals surface area contributed by atoms with Crippen LogP contribution in [0.1, 0.15) is 78.1 Å². The summed E-state index contributed by atoms with van der Waals surface area (Å²) in [6.07, 6.45) is 24.5. The molecule has 0 bridgehead atoms. The van der Waals surface area contributed by atoms with Crippen LogP contribution in [0.4, 0.5) is 0 Å². The van der Waals surface area contributed by atoms with Crippen molar-refractivity contribution in [2.24, 2.45) is 0 Å². The summed E-state index contributed by atoms with van der Waals surface area (Å²) in [6, 6.07) is 0. The van der Waals surface area contributed by atoms with Crippen LogP contribution in [0.15, 0.2) is 48.6 Å². The molecule has 0 N–H and O–H groups in total. The molecule has 0 aromatic heterocycles. The molecule has 0 heterocycles. The van der Waals surface area contributed by atoms with Gasteiger partial charge in [-0.05, 0) is 65.5 Å². The molecular formula is C27H45NO4. The Hall–Kier alpha value is -2.14. The zero-order valence-corrected chi connectivity index (χ0v) is 20.8. The van der Waals surface area contributed by atoms with E-state index in [-0.39, 0.29) is 18.5 Å². The Labute approximate surface area is 196 Å². The zero-order chi connectivity index (χ0) is 23.9. The van der Waals surface area contributed by atoms with Crippen LogP contribution in [-0.4, -0.2) is 50.2 Å². The van der Waals surface area contributed by atoms with E-state index in [9.17, 15) is 9.59 Å². The molecule has 0 saturated heterocycles. The van der Waals surface area contributed by atoms with Crippen LogP contribution in [0.25, 0.3) is 0 Å². The number of nitrogens with zero attached hydrogens (tertiary/aromatic N) is 1. The summed E-state index contributed by atoms with van der Waals surface area (Å²) in [4.78, 5) is 26.1. The summed E-state index contributed by atoms with van der Waals surface area (Å²) in [7, 11) is 3.81. The molecule has 0 radical (unpaired) electrons. The fourth-order valence-electron chi connectivity index (χ4n) is 2.87. The highest BCUT2D eigenvalue weighted by Crippen LogP contribution is 2.06. The van der Waals surface area contributed by atoms with Crippen molar-refractivity contribution >= 4 is 11.9 Å². The molecule has 0 aromatic carbocycles. The van der Waals surface area contributed by atoms with Gasteiger partial charge in [0.15, 0.2) is 0 Å². The minimum absolute atomic E-state index is 0.101. The fourth-order valence-corrected chi connectivity index (χ4v) is 2.87. The third kappa shape index (κ3) is 21.1. The van der Waals surface area contributed by atoms with E-state index in [0.29, 0.717) is 19.4 Å². The SMILES string of the molecule is CC/C=C\C/C=C\CCCC(=O)OCC(CN(C)C)OC(=O)CCC/C=C\C/C=C\CC. The van der Waals surface area contributed by atoms with Gasteiger partial charge >= 0.3 is 11.9 Å². The predicted molar refractivity (Wildman–Crippen MR) is 133 cm³/mol. The Morgan fingerprint density at radius 3 is 1.75 bits per heavy atom. The molecule has 0 amide bonds. The van der Waals surface area contributed by atoms with Crippen LogP contribution in [0.5, 0.6) is 0 Å². The molecule has 5 nitrogen and oxygen atoms in total. The average molecular weight is 448 g/mol. The summed E-state index contributed by atoms with van der Waals surface area (Å²) in [6.45, 7) is 4.85. The van der Waals surface area contributed by atoms with Gasteiger partial charge in [-0.2, -0.15) is 0 Å². The number of rotatable bonds is 19. The second-order valence-electron chi connectivity index (χ2n) is 8.02. The number of unbranched alkanes of at least 4 members (excludes halogenated alkanes) is 2. The first kappa shape index (κ1) is 29.9. The first-order valence-electron chi connectivity index (χ1n) is 12.1. The molecule has 0 fully saturated rings. The zero-order valence-electron chi connectivity index (χ0n) is 20.8. The van der Waals surface area contributed by atoms with Gasteiger partial charge in [-0.1, -0.05) is 62.5 Å². The second-order valence-corrected chi connectivity index (χ2v) is 8.02. The quantitative estimate of drug-likeness (QED) is 0.135. The maximum atomic E-state index is 12.2. The maximum absolute atomic E-state index is 12.2. The second kappa shape index (κ2) is 22.1. The Kier molecular flexibility index (Phi) is 20.6. The van der Waals surface area contributed by atoms with E-state index in [1.165, 1.54) is 0 Å². The Bertz CT molecular complexity index is 590. The van der Waals surface area contributed by atoms with Gasteiger partial charge in [0.1, 0.15) is 12.7 Å². The van der Waals surface area contributed by atoms with Crippen molar-refractivity contribution in [1.82, 2.24) is 4.90 Å². The number of hydrogen-bond acceptors (Lipinski definition) is 5.